The van der Waals surface area contributed by atoms with Crippen molar-refractivity contribution in [2.45, 2.75) is 38.3 Å². The molecule has 0 aliphatic carbocycles. The van der Waals surface area contributed by atoms with E-state index in [-0.39, 0.29) is 0 Å². The summed E-state index contributed by atoms with van der Waals surface area (Å²) < 4.78 is 6.12. The van der Waals surface area contributed by atoms with Crippen LogP contribution in [0.3, 0.4) is 0 Å². The molecule has 6 rings (SSSR count). The number of hydrogen-bond acceptors (Lipinski definition) is 5. The van der Waals surface area contributed by atoms with Crippen LogP contribution in [0.5, 0.6) is 5.75 Å². The minimum atomic E-state index is 0.361. The SMILES string of the molecule is Clc1cnc2c(c1)N([C@@H]1CCN(CCc3ccc(N4CCCC4)cc3)C1)c1ccccc1OC2. The molecule has 0 N–H and O–H groups in total. The largest absolute Gasteiger partial charge is 0.485 e. The molecule has 2 aromatic carbocycles. The number of likely N-dealkylation sites (tertiary alicyclic amines) is 1. The third-order valence-electron chi connectivity index (χ3n) is 7.40. The van der Waals surface area contributed by atoms with Crippen LogP contribution >= 0.6 is 11.6 Å². The number of rotatable bonds is 5. The van der Waals surface area contributed by atoms with E-state index in [9.17, 15) is 0 Å². The van der Waals surface area contributed by atoms with Crippen molar-refractivity contribution in [1.82, 2.24) is 9.88 Å². The number of halogens is 1. The molecule has 4 heterocycles. The highest BCUT2D eigenvalue weighted by molar-refractivity contribution is 6.30. The van der Waals surface area contributed by atoms with Crippen LogP contribution in [-0.2, 0) is 13.0 Å². The summed E-state index contributed by atoms with van der Waals surface area (Å²) in [4.78, 5) is 12.1. The molecule has 0 unspecified atom stereocenters. The number of fused-ring (bicyclic) bond motifs is 2. The lowest BCUT2D eigenvalue weighted by atomic mass is 10.1. The Morgan fingerprint density at radius 2 is 1.79 bits per heavy atom. The molecule has 3 aliphatic heterocycles. The second-order valence-electron chi connectivity index (χ2n) is 9.60. The van der Waals surface area contributed by atoms with Crippen LogP contribution in [0.2, 0.25) is 5.02 Å². The summed E-state index contributed by atoms with van der Waals surface area (Å²) in [7, 11) is 0. The number of hydrogen-bond donors (Lipinski definition) is 0. The minimum absolute atomic E-state index is 0.361. The number of aromatic nitrogens is 1. The topological polar surface area (TPSA) is 31.8 Å². The highest BCUT2D eigenvalue weighted by Gasteiger charge is 2.33. The van der Waals surface area contributed by atoms with E-state index < -0.39 is 0 Å². The van der Waals surface area contributed by atoms with Gasteiger partial charge in [-0.3, -0.25) is 4.98 Å². The molecule has 3 aromatic rings. The van der Waals surface area contributed by atoms with Gasteiger partial charge >= 0.3 is 0 Å². The molecule has 2 fully saturated rings. The standard InChI is InChI=1S/C28H31ClN4O/c29-22-17-27-25(30-18-22)20-34-28-6-2-1-5-26(28)33(27)24-12-16-31(19-24)15-11-21-7-9-23(10-8-21)32-13-3-4-14-32/h1-2,5-10,17-18,24H,3-4,11-16,19-20H2/t24-/m1/s1. The van der Waals surface area contributed by atoms with Crippen LogP contribution in [-0.4, -0.2) is 48.6 Å². The van der Waals surface area contributed by atoms with Gasteiger partial charge in [-0.1, -0.05) is 35.9 Å². The van der Waals surface area contributed by atoms with Gasteiger partial charge in [0.25, 0.3) is 0 Å². The summed E-state index contributed by atoms with van der Waals surface area (Å²) in [6, 6.07) is 19.9. The maximum Gasteiger partial charge on any atom is 0.143 e. The molecule has 0 bridgehead atoms. The number of nitrogens with zero attached hydrogens (tertiary/aromatic N) is 4. The average Bonchev–Trinajstić information content (AvgIpc) is 3.54. The minimum Gasteiger partial charge on any atom is -0.485 e. The first kappa shape index (κ1) is 21.8. The van der Waals surface area contributed by atoms with E-state index in [1.807, 2.05) is 18.2 Å². The normalized spacial score (nSPS) is 20.1. The Balaban J connectivity index is 1.16. The third kappa shape index (κ3) is 4.35. The molecule has 1 aromatic heterocycles. The fraction of sp³-hybridized carbons (Fsp3) is 0.393. The van der Waals surface area contributed by atoms with Gasteiger partial charge in [0.15, 0.2) is 0 Å². The number of benzene rings is 2. The summed E-state index contributed by atoms with van der Waals surface area (Å²) in [6.45, 7) is 6.05. The van der Waals surface area contributed by atoms with Crippen molar-refractivity contribution in [3.63, 3.8) is 0 Å². The van der Waals surface area contributed by atoms with E-state index in [4.69, 9.17) is 16.3 Å². The Bertz CT molecular complexity index is 1150. The van der Waals surface area contributed by atoms with Gasteiger partial charge in [-0.25, -0.2) is 0 Å². The summed E-state index contributed by atoms with van der Waals surface area (Å²) >= 11 is 6.38. The fourth-order valence-electron chi connectivity index (χ4n) is 5.59. The Hall–Kier alpha value is -2.76. The monoisotopic (exact) mass is 474 g/mol. The summed E-state index contributed by atoms with van der Waals surface area (Å²) in [5.74, 6) is 0.910. The molecule has 176 valence electrons. The maximum atomic E-state index is 6.38. The zero-order valence-corrected chi connectivity index (χ0v) is 20.3. The van der Waals surface area contributed by atoms with E-state index in [0.29, 0.717) is 17.7 Å². The predicted molar refractivity (Wildman–Crippen MR) is 139 cm³/mol. The molecule has 0 radical (unpaired) electrons. The number of pyridine rings is 1. The Morgan fingerprint density at radius 1 is 0.971 bits per heavy atom. The van der Waals surface area contributed by atoms with Gasteiger partial charge in [-0.15, -0.1) is 0 Å². The van der Waals surface area contributed by atoms with E-state index in [1.54, 1.807) is 6.20 Å². The van der Waals surface area contributed by atoms with Crippen LogP contribution in [0.1, 0.15) is 30.5 Å². The van der Waals surface area contributed by atoms with E-state index in [1.165, 1.54) is 37.2 Å². The van der Waals surface area contributed by atoms with Crippen molar-refractivity contribution in [1.29, 1.82) is 0 Å². The first-order chi connectivity index (χ1) is 16.7. The summed E-state index contributed by atoms with van der Waals surface area (Å²) in [5, 5.41) is 0.662. The van der Waals surface area contributed by atoms with E-state index in [2.05, 4.69) is 56.1 Å². The molecular weight excluding hydrogens is 444 g/mol. The Kier molecular flexibility index (Phi) is 6.06. The Labute approximate surface area is 206 Å². The van der Waals surface area contributed by atoms with Crippen molar-refractivity contribution in [3.8, 4) is 5.75 Å². The summed E-state index contributed by atoms with van der Waals surface area (Å²) in [5.41, 5.74) is 5.91. The second-order valence-corrected chi connectivity index (χ2v) is 10.0. The highest BCUT2D eigenvalue weighted by Crippen LogP contribution is 2.42. The molecule has 3 aliphatic rings. The highest BCUT2D eigenvalue weighted by atomic mass is 35.5. The van der Waals surface area contributed by atoms with Crippen LogP contribution in [0.4, 0.5) is 17.1 Å². The van der Waals surface area contributed by atoms with E-state index in [0.717, 1.165) is 55.3 Å². The van der Waals surface area contributed by atoms with Crippen LogP contribution in [0.25, 0.3) is 0 Å². The predicted octanol–water partition coefficient (Wildman–Crippen LogP) is 5.68. The van der Waals surface area contributed by atoms with Crippen LogP contribution in [0, 0.1) is 0 Å². The molecular formula is C28H31ClN4O. The van der Waals surface area contributed by atoms with Gasteiger partial charge in [0.05, 0.1) is 16.4 Å². The first-order valence-electron chi connectivity index (χ1n) is 12.5. The number of ether oxygens (including phenoxy) is 1. The lowest BCUT2D eigenvalue weighted by Crippen LogP contribution is -2.35. The maximum absolute atomic E-state index is 6.38. The summed E-state index contributed by atoms with van der Waals surface area (Å²) in [6.07, 6.45) is 6.54. The number of para-hydroxylation sites is 2. The van der Waals surface area contributed by atoms with Crippen LogP contribution < -0.4 is 14.5 Å². The van der Waals surface area contributed by atoms with Gasteiger partial charge in [-0.05, 0) is 61.6 Å². The molecule has 34 heavy (non-hydrogen) atoms. The van der Waals surface area contributed by atoms with Gasteiger partial charge < -0.3 is 19.4 Å². The van der Waals surface area contributed by atoms with Crippen molar-refractivity contribution < 1.29 is 4.74 Å². The molecule has 2 saturated heterocycles. The molecule has 0 saturated carbocycles. The zero-order valence-electron chi connectivity index (χ0n) is 19.5. The lowest BCUT2D eigenvalue weighted by Gasteiger charge is -2.31. The fourth-order valence-corrected chi connectivity index (χ4v) is 5.74. The van der Waals surface area contributed by atoms with Gasteiger partial charge in [0.2, 0.25) is 0 Å². The molecule has 0 spiro atoms. The molecule has 1 atom stereocenters. The van der Waals surface area contributed by atoms with Gasteiger partial charge in [-0.2, -0.15) is 0 Å². The van der Waals surface area contributed by atoms with Crippen molar-refractivity contribution in [2.75, 3.05) is 42.5 Å². The molecule has 0 amide bonds. The zero-order chi connectivity index (χ0) is 22.9. The third-order valence-corrected chi connectivity index (χ3v) is 7.61. The van der Waals surface area contributed by atoms with Crippen molar-refractivity contribution in [2.24, 2.45) is 0 Å². The lowest BCUT2D eigenvalue weighted by molar-refractivity contribution is 0.306. The van der Waals surface area contributed by atoms with Gasteiger partial charge in [0.1, 0.15) is 18.1 Å². The Morgan fingerprint density at radius 3 is 2.65 bits per heavy atom. The van der Waals surface area contributed by atoms with Crippen molar-refractivity contribution >= 4 is 28.7 Å². The van der Waals surface area contributed by atoms with Crippen molar-refractivity contribution in [3.05, 3.63) is 77.1 Å². The first-order valence-corrected chi connectivity index (χ1v) is 12.8. The molecule has 6 heteroatoms. The smallest absolute Gasteiger partial charge is 0.143 e. The second kappa shape index (κ2) is 9.47. The van der Waals surface area contributed by atoms with E-state index >= 15 is 0 Å². The average molecular weight is 475 g/mol. The number of anilines is 3. The molecule has 5 nitrogen and oxygen atoms in total. The van der Waals surface area contributed by atoms with Crippen LogP contribution in [0.15, 0.2) is 60.8 Å². The quantitative estimate of drug-likeness (QED) is 0.474. The van der Waals surface area contributed by atoms with Gasteiger partial charge in [0, 0.05) is 50.6 Å².